The summed E-state index contributed by atoms with van der Waals surface area (Å²) in [6, 6.07) is 11.6. The molecule has 14 heteroatoms. The average Bonchev–Trinajstić information content (AvgIpc) is 2.95. The Morgan fingerprint density at radius 2 is 1.80 bits per heavy atom. The molecule has 4 rings (SSSR count). The molecule has 0 saturated carbocycles. The average molecular weight is 591 g/mol. The van der Waals surface area contributed by atoms with Gasteiger partial charge in [0.15, 0.2) is 0 Å². The van der Waals surface area contributed by atoms with E-state index in [-0.39, 0.29) is 18.2 Å². The molecule has 0 radical (unpaired) electrons. The van der Waals surface area contributed by atoms with Crippen LogP contribution in [0.15, 0.2) is 66.0 Å². The number of aromatic nitrogens is 2. The number of carbonyl (C=O) groups excluding carboxylic acids is 2. The van der Waals surface area contributed by atoms with Gasteiger partial charge in [-0.2, -0.15) is 0 Å². The van der Waals surface area contributed by atoms with Crippen molar-refractivity contribution in [2.75, 3.05) is 56.6 Å². The van der Waals surface area contributed by atoms with E-state index in [1.54, 1.807) is 36.7 Å². The Morgan fingerprint density at radius 1 is 1.02 bits per heavy atom. The van der Waals surface area contributed by atoms with Gasteiger partial charge in [0.25, 0.3) is 5.91 Å². The normalized spacial score (nSPS) is 13.9. The number of rotatable bonds is 12. The van der Waals surface area contributed by atoms with E-state index in [1.165, 1.54) is 23.9 Å². The maximum Gasteiger partial charge on any atom is 0.573 e. The molecule has 0 atom stereocenters. The van der Waals surface area contributed by atoms with Gasteiger partial charge in [-0.3, -0.25) is 14.5 Å². The lowest BCUT2D eigenvalue weighted by atomic mass is 10.2. The molecule has 218 valence electrons. The molecule has 0 aliphatic carbocycles. The summed E-state index contributed by atoms with van der Waals surface area (Å²) in [5, 5.41) is 9.04. The van der Waals surface area contributed by atoms with Gasteiger partial charge in [-0.05, 0) is 54.1 Å². The number of anilines is 2. The molecule has 1 aromatic carbocycles. The second-order valence-corrected chi connectivity index (χ2v) is 9.86. The Hall–Kier alpha value is -3.72. The molecule has 1 aliphatic rings. The van der Waals surface area contributed by atoms with Crippen molar-refractivity contribution in [3.8, 4) is 5.75 Å². The van der Waals surface area contributed by atoms with Crippen molar-refractivity contribution in [1.82, 2.24) is 20.2 Å². The van der Waals surface area contributed by atoms with Crippen LogP contribution < -0.4 is 20.7 Å². The van der Waals surface area contributed by atoms with Crippen LogP contribution in [0.4, 0.5) is 24.7 Å². The standard InChI is InChI=1S/C27H29F3N6O4S/c28-27(29,30)40-21-5-3-20(4-6-21)34-25(38)22-2-1-8-33-26(22)41-18-19-7-9-32-23(16-19)35-24(37)17-31-10-11-36-12-14-39-15-13-36/h1-9,16,31H,10-15,17-18H2,(H,34,38)(H,32,35,37). The number of hydrogen-bond acceptors (Lipinski definition) is 9. The van der Waals surface area contributed by atoms with Gasteiger partial charge in [0, 0.05) is 50.0 Å². The van der Waals surface area contributed by atoms with Crippen molar-refractivity contribution in [3.05, 3.63) is 72.1 Å². The first-order valence-corrected chi connectivity index (χ1v) is 13.7. The summed E-state index contributed by atoms with van der Waals surface area (Å²) in [5.41, 5.74) is 1.46. The number of ether oxygens (including phenoxy) is 2. The van der Waals surface area contributed by atoms with Gasteiger partial charge in [0.2, 0.25) is 5.91 Å². The summed E-state index contributed by atoms with van der Waals surface area (Å²) >= 11 is 1.32. The summed E-state index contributed by atoms with van der Waals surface area (Å²) in [7, 11) is 0. The molecule has 1 fully saturated rings. The van der Waals surface area contributed by atoms with Crippen LogP contribution in [0.25, 0.3) is 0 Å². The zero-order valence-corrected chi connectivity index (χ0v) is 22.8. The van der Waals surface area contributed by atoms with Gasteiger partial charge in [0.1, 0.15) is 16.6 Å². The number of morpholine rings is 1. The molecule has 10 nitrogen and oxygen atoms in total. The highest BCUT2D eigenvalue weighted by Gasteiger charge is 2.31. The largest absolute Gasteiger partial charge is 0.573 e. The summed E-state index contributed by atoms with van der Waals surface area (Å²) < 4.78 is 46.3. The third-order valence-corrected chi connectivity index (χ3v) is 6.90. The fourth-order valence-electron chi connectivity index (χ4n) is 3.85. The maximum absolute atomic E-state index is 12.9. The van der Waals surface area contributed by atoms with Crippen LogP contribution in [-0.4, -0.2) is 79.0 Å². The van der Waals surface area contributed by atoms with Crippen LogP contribution >= 0.6 is 11.8 Å². The second-order valence-electron chi connectivity index (χ2n) is 8.90. The fourth-order valence-corrected chi connectivity index (χ4v) is 4.79. The molecule has 0 unspecified atom stereocenters. The van der Waals surface area contributed by atoms with E-state index in [2.05, 4.69) is 35.6 Å². The number of alkyl halides is 3. The lowest BCUT2D eigenvalue weighted by Gasteiger charge is -2.26. The van der Waals surface area contributed by atoms with Crippen LogP contribution in [0.2, 0.25) is 0 Å². The third-order valence-electron chi connectivity index (χ3n) is 5.82. The Labute approximate surface area is 239 Å². The minimum absolute atomic E-state index is 0.162. The van der Waals surface area contributed by atoms with Crippen LogP contribution in [0.3, 0.4) is 0 Å². The third kappa shape index (κ3) is 10.3. The Morgan fingerprint density at radius 3 is 2.56 bits per heavy atom. The zero-order chi connectivity index (χ0) is 29.1. The zero-order valence-electron chi connectivity index (χ0n) is 21.9. The van der Waals surface area contributed by atoms with Gasteiger partial charge in [0.05, 0.1) is 25.3 Å². The lowest BCUT2D eigenvalue weighted by Crippen LogP contribution is -2.41. The van der Waals surface area contributed by atoms with Crippen LogP contribution in [-0.2, 0) is 15.3 Å². The Bertz CT molecular complexity index is 1310. The van der Waals surface area contributed by atoms with Gasteiger partial charge in [-0.25, -0.2) is 9.97 Å². The summed E-state index contributed by atoms with van der Waals surface area (Å²) in [6.07, 6.45) is -1.64. The smallest absolute Gasteiger partial charge is 0.406 e. The molecule has 2 amide bonds. The highest BCUT2D eigenvalue weighted by molar-refractivity contribution is 7.98. The minimum atomic E-state index is -4.80. The number of thioether (sulfide) groups is 1. The monoisotopic (exact) mass is 590 g/mol. The van der Waals surface area contributed by atoms with E-state index in [9.17, 15) is 22.8 Å². The van der Waals surface area contributed by atoms with E-state index < -0.39 is 12.3 Å². The van der Waals surface area contributed by atoms with Crippen molar-refractivity contribution in [3.63, 3.8) is 0 Å². The number of benzene rings is 1. The van der Waals surface area contributed by atoms with Crippen molar-refractivity contribution in [2.24, 2.45) is 0 Å². The molecule has 1 saturated heterocycles. The van der Waals surface area contributed by atoms with Gasteiger partial charge < -0.3 is 25.4 Å². The van der Waals surface area contributed by atoms with Gasteiger partial charge >= 0.3 is 6.36 Å². The van der Waals surface area contributed by atoms with Crippen LogP contribution in [0.5, 0.6) is 5.75 Å². The first-order valence-electron chi connectivity index (χ1n) is 12.8. The molecular formula is C27H29F3N6O4S. The highest BCUT2D eigenvalue weighted by Crippen LogP contribution is 2.27. The highest BCUT2D eigenvalue weighted by atomic mass is 32.2. The van der Waals surface area contributed by atoms with Crippen molar-refractivity contribution in [2.45, 2.75) is 17.1 Å². The van der Waals surface area contributed by atoms with Gasteiger partial charge in [-0.15, -0.1) is 24.9 Å². The molecule has 3 aromatic rings. The van der Waals surface area contributed by atoms with E-state index in [0.29, 0.717) is 34.4 Å². The summed E-state index contributed by atoms with van der Waals surface area (Å²) in [6.45, 7) is 4.95. The number of carbonyl (C=O) groups is 2. The van der Waals surface area contributed by atoms with E-state index in [0.717, 1.165) is 50.5 Å². The van der Waals surface area contributed by atoms with Crippen molar-refractivity contribution >= 4 is 35.1 Å². The molecule has 2 aromatic heterocycles. The number of pyridine rings is 2. The van der Waals surface area contributed by atoms with Gasteiger partial charge in [-0.1, -0.05) is 0 Å². The molecule has 0 bridgehead atoms. The minimum Gasteiger partial charge on any atom is -0.406 e. The van der Waals surface area contributed by atoms with E-state index in [4.69, 9.17) is 4.74 Å². The number of nitrogens with one attached hydrogen (secondary N) is 3. The molecule has 3 heterocycles. The summed E-state index contributed by atoms with van der Waals surface area (Å²) in [4.78, 5) is 36.0. The quantitative estimate of drug-likeness (QED) is 0.214. The molecule has 1 aliphatic heterocycles. The molecule has 3 N–H and O–H groups in total. The topological polar surface area (TPSA) is 118 Å². The molecule has 41 heavy (non-hydrogen) atoms. The predicted octanol–water partition coefficient (Wildman–Crippen LogP) is 3.78. The number of amides is 2. The molecule has 0 spiro atoms. The van der Waals surface area contributed by atoms with Crippen molar-refractivity contribution in [1.29, 1.82) is 0 Å². The first-order chi connectivity index (χ1) is 19.7. The molecular weight excluding hydrogens is 561 g/mol. The van der Waals surface area contributed by atoms with Crippen LogP contribution in [0, 0.1) is 0 Å². The first kappa shape index (κ1) is 30.2. The lowest BCUT2D eigenvalue weighted by molar-refractivity contribution is -0.274. The predicted molar refractivity (Wildman–Crippen MR) is 148 cm³/mol. The second kappa shape index (κ2) is 14.8. The number of hydrogen-bond donors (Lipinski definition) is 3. The van der Waals surface area contributed by atoms with E-state index in [1.807, 2.05) is 0 Å². The fraction of sp³-hybridized carbons (Fsp3) is 0.333. The van der Waals surface area contributed by atoms with Crippen LogP contribution in [0.1, 0.15) is 15.9 Å². The summed E-state index contributed by atoms with van der Waals surface area (Å²) in [5.74, 6) is -0.190. The van der Waals surface area contributed by atoms with Crippen molar-refractivity contribution < 1.29 is 32.2 Å². The number of halogens is 3. The Balaban J connectivity index is 1.26. The van der Waals surface area contributed by atoms with E-state index >= 15 is 0 Å². The SMILES string of the molecule is O=C(CNCCN1CCOCC1)Nc1cc(CSc2ncccc2C(=O)Nc2ccc(OC(F)(F)F)cc2)ccn1. The maximum atomic E-state index is 12.9. The number of nitrogens with zero attached hydrogens (tertiary/aromatic N) is 3. The Kier molecular flexibility index (Phi) is 10.9.